The minimum absolute atomic E-state index is 0.0722. The van der Waals surface area contributed by atoms with Gasteiger partial charge in [-0.15, -0.1) is 0 Å². The number of anilines is 1. The third kappa shape index (κ3) is 3.83. The summed E-state index contributed by atoms with van der Waals surface area (Å²) < 4.78 is 29.7. The van der Waals surface area contributed by atoms with Crippen LogP contribution in [0.1, 0.15) is 56.3 Å². The average Bonchev–Trinajstić information content (AvgIpc) is 3.68. The maximum absolute atomic E-state index is 14.2. The first-order chi connectivity index (χ1) is 18.8. The van der Waals surface area contributed by atoms with E-state index in [1.807, 2.05) is 24.3 Å². The molecule has 198 valence electrons. The van der Waals surface area contributed by atoms with Crippen LogP contribution in [-0.4, -0.2) is 55.0 Å². The molecule has 3 aromatic rings. The first-order valence-electron chi connectivity index (χ1n) is 13.3. The maximum atomic E-state index is 14.2. The van der Waals surface area contributed by atoms with Gasteiger partial charge in [0.1, 0.15) is 0 Å². The summed E-state index contributed by atoms with van der Waals surface area (Å²) in [5.74, 6) is -0.600. The minimum Gasteiger partial charge on any atom is -0.312 e. The lowest BCUT2D eigenvalue weighted by Gasteiger charge is -2.38. The van der Waals surface area contributed by atoms with Crippen LogP contribution in [0.4, 0.5) is 5.69 Å². The number of fused-ring (bicyclic) bond motifs is 3. The Morgan fingerprint density at radius 1 is 0.821 bits per heavy atom. The topological polar surface area (TPSA) is 95.1 Å². The zero-order valence-electron chi connectivity index (χ0n) is 21.2. The second-order valence-corrected chi connectivity index (χ2v) is 12.5. The molecule has 1 unspecified atom stereocenters. The molecule has 1 fully saturated rings. The number of rotatable bonds is 5. The summed E-state index contributed by atoms with van der Waals surface area (Å²) in [5, 5.41) is 0. The van der Waals surface area contributed by atoms with Crippen molar-refractivity contribution in [3.63, 3.8) is 0 Å². The fourth-order valence-electron chi connectivity index (χ4n) is 6.14. The molecule has 3 heterocycles. The molecule has 3 amide bonds. The Morgan fingerprint density at radius 2 is 1.49 bits per heavy atom. The Balaban J connectivity index is 1.24. The quantitative estimate of drug-likeness (QED) is 0.461. The molecule has 7 rings (SSSR count). The van der Waals surface area contributed by atoms with Crippen molar-refractivity contribution in [2.75, 3.05) is 24.5 Å². The monoisotopic (exact) mass is 541 g/mol. The number of imide groups is 1. The smallest absolute Gasteiger partial charge is 0.261 e. The predicted molar refractivity (Wildman–Crippen MR) is 144 cm³/mol. The summed E-state index contributed by atoms with van der Waals surface area (Å²) in [4.78, 5) is 42.2. The van der Waals surface area contributed by atoms with Crippen LogP contribution in [0.15, 0.2) is 71.6 Å². The molecule has 3 aromatic carbocycles. The summed E-state index contributed by atoms with van der Waals surface area (Å²) in [6.45, 7) is 0.724. The standard InChI is InChI=1S/C30H27N3O5S/c34-28(20-9-10-20)31-15-13-21-17-22(11-12-26(21)31)39(37,38)33-16-14-19-5-1-2-6-23(19)27(33)18-32-29(35)24-7-3-4-8-25(24)30(32)36/h1-8,11-12,17,20,27H,9-10,13-16,18H2. The van der Waals surface area contributed by atoms with Gasteiger partial charge in [-0.1, -0.05) is 36.4 Å². The number of sulfonamides is 1. The molecule has 3 aliphatic heterocycles. The van der Waals surface area contributed by atoms with Gasteiger partial charge < -0.3 is 4.90 Å². The molecule has 0 aromatic heterocycles. The van der Waals surface area contributed by atoms with E-state index < -0.39 is 27.9 Å². The first kappa shape index (κ1) is 24.2. The van der Waals surface area contributed by atoms with E-state index in [1.165, 1.54) is 9.21 Å². The Bertz CT molecular complexity index is 1630. The van der Waals surface area contributed by atoms with Gasteiger partial charge >= 0.3 is 0 Å². The molecule has 0 spiro atoms. The fourth-order valence-corrected chi connectivity index (χ4v) is 7.79. The number of hydrogen-bond donors (Lipinski definition) is 0. The Morgan fingerprint density at radius 3 is 2.21 bits per heavy atom. The molecule has 0 N–H and O–H groups in total. The number of carbonyl (C=O) groups is 3. The van der Waals surface area contributed by atoms with Gasteiger partial charge in [-0.3, -0.25) is 19.3 Å². The van der Waals surface area contributed by atoms with Gasteiger partial charge in [0.15, 0.2) is 0 Å². The molecule has 0 bridgehead atoms. The van der Waals surface area contributed by atoms with Crippen LogP contribution in [-0.2, 0) is 27.7 Å². The van der Waals surface area contributed by atoms with E-state index in [9.17, 15) is 22.8 Å². The summed E-state index contributed by atoms with van der Waals surface area (Å²) in [7, 11) is -3.98. The van der Waals surface area contributed by atoms with Crippen LogP contribution in [0.5, 0.6) is 0 Å². The highest BCUT2D eigenvalue weighted by Crippen LogP contribution is 2.40. The van der Waals surface area contributed by atoms with Crippen molar-refractivity contribution in [1.82, 2.24) is 9.21 Å². The fraction of sp³-hybridized carbons (Fsp3) is 0.300. The molecule has 4 aliphatic rings. The normalized spacial score (nSPS) is 20.7. The number of carbonyl (C=O) groups excluding carboxylic acids is 3. The van der Waals surface area contributed by atoms with Crippen molar-refractivity contribution >= 4 is 33.4 Å². The molecule has 39 heavy (non-hydrogen) atoms. The average molecular weight is 542 g/mol. The Hall–Kier alpha value is -3.82. The molecule has 8 nitrogen and oxygen atoms in total. The van der Waals surface area contributed by atoms with E-state index in [0.717, 1.165) is 35.2 Å². The van der Waals surface area contributed by atoms with E-state index in [2.05, 4.69) is 0 Å². The van der Waals surface area contributed by atoms with Crippen LogP contribution in [0.25, 0.3) is 0 Å². The summed E-state index contributed by atoms with van der Waals surface area (Å²) in [6, 6.07) is 18.6. The van der Waals surface area contributed by atoms with E-state index in [1.54, 1.807) is 47.4 Å². The molecule has 0 saturated heterocycles. The molecule has 1 saturated carbocycles. The Kier molecular flexibility index (Phi) is 5.50. The van der Waals surface area contributed by atoms with E-state index in [-0.39, 0.29) is 29.8 Å². The number of hydrogen-bond acceptors (Lipinski definition) is 5. The van der Waals surface area contributed by atoms with Crippen molar-refractivity contribution < 1.29 is 22.8 Å². The van der Waals surface area contributed by atoms with Crippen LogP contribution in [0, 0.1) is 5.92 Å². The van der Waals surface area contributed by atoms with Crippen LogP contribution < -0.4 is 4.90 Å². The summed E-state index contributed by atoms with van der Waals surface area (Å²) in [6.07, 6.45) is 2.98. The van der Waals surface area contributed by atoms with Gasteiger partial charge in [0, 0.05) is 24.7 Å². The lowest BCUT2D eigenvalue weighted by Crippen LogP contribution is -2.46. The first-order valence-corrected chi connectivity index (χ1v) is 14.8. The van der Waals surface area contributed by atoms with Crippen molar-refractivity contribution in [3.05, 3.63) is 94.5 Å². The maximum Gasteiger partial charge on any atom is 0.261 e. The highest BCUT2D eigenvalue weighted by atomic mass is 32.2. The minimum atomic E-state index is -3.98. The zero-order chi connectivity index (χ0) is 26.9. The van der Waals surface area contributed by atoms with Crippen LogP contribution >= 0.6 is 0 Å². The van der Waals surface area contributed by atoms with Gasteiger partial charge in [-0.25, -0.2) is 8.42 Å². The van der Waals surface area contributed by atoms with Crippen LogP contribution in [0.2, 0.25) is 0 Å². The van der Waals surface area contributed by atoms with E-state index >= 15 is 0 Å². The Labute approximate surface area is 226 Å². The summed E-state index contributed by atoms with van der Waals surface area (Å²) >= 11 is 0. The third-order valence-corrected chi connectivity index (χ3v) is 10.2. The van der Waals surface area contributed by atoms with Crippen molar-refractivity contribution in [1.29, 1.82) is 0 Å². The third-order valence-electron chi connectivity index (χ3n) is 8.34. The van der Waals surface area contributed by atoms with Gasteiger partial charge in [-0.2, -0.15) is 4.31 Å². The molecule has 1 aliphatic carbocycles. The van der Waals surface area contributed by atoms with E-state index in [0.29, 0.717) is 30.5 Å². The van der Waals surface area contributed by atoms with Gasteiger partial charge in [0.05, 0.1) is 28.6 Å². The van der Waals surface area contributed by atoms with Crippen LogP contribution in [0.3, 0.4) is 0 Å². The summed E-state index contributed by atoms with van der Waals surface area (Å²) in [5.41, 5.74) is 4.12. The van der Waals surface area contributed by atoms with Crippen molar-refractivity contribution in [2.45, 2.75) is 36.6 Å². The lowest BCUT2D eigenvalue weighted by atomic mass is 9.94. The second-order valence-electron chi connectivity index (χ2n) is 10.7. The molecular weight excluding hydrogens is 514 g/mol. The number of benzene rings is 3. The SMILES string of the molecule is O=C1c2ccccc2C(=O)N1CC1c2ccccc2CCN1S(=O)(=O)c1ccc2c(c1)CCN2C(=O)C1CC1. The molecule has 9 heteroatoms. The van der Waals surface area contributed by atoms with Crippen molar-refractivity contribution in [3.8, 4) is 0 Å². The number of nitrogens with zero attached hydrogens (tertiary/aromatic N) is 3. The second kappa shape index (κ2) is 8.86. The molecular formula is C30H27N3O5S. The largest absolute Gasteiger partial charge is 0.312 e. The van der Waals surface area contributed by atoms with E-state index in [4.69, 9.17) is 0 Å². The van der Waals surface area contributed by atoms with Gasteiger partial charge in [0.2, 0.25) is 15.9 Å². The molecule has 0 radical (unpaired) electrons. The lowest BCUT2D eigenvalue weighted by molar-refractivity contribution is -0.119. The highest BCUT2D eigenvalue weighted by molar-refractivity contribution is 7.89. The number of amides is 3. The van der Waals surface area contributed by atoms with Gasteiger partial charge in [-0.05, 0) is 72.7 Å². The highest BCUT2D eigenvalue weighted by Gasteiger charge is 2.43. The predicted octanol–water partition coefficient (Wildman–Crippen LogP) is 3.57. The van der Waals surface area contributed by atoms with Crippen molar-refractivity contribution in [2.24, 2.45) is 5.92 Å². The zero-order valence-corrected chi connectivity index (χ0v) is 22.1. The molecule has 1 atom stereocenters. The van der Waals surface area contributed by atoms with Gasteiger partial charge in [0.25, 0.3) is 11.8 Å².